The highest BCUT2D eigenvalue weighted by molar-refractivity contribution is 5.72. The lowest BCUT2D eigenvalue weighted by Crippen LogP contribution is -2.44. The minimum Gasteiger partial charge on any atom is -0.550 e. The highest BCUT2D eigenvalue weighted by atomic mass is 16.4. The van der Waals surface area contributed by atoms with E-state index >= 15 is 0 Å². The van der Waals surface area contributed by atoms with Gasteiger partial charge in [-0.3, -0.25) is 0 Å². The number of hydrogen-bond donors (Lipinski definition) is 0. The summed E-state index contributed by atoms with van der Waals surface area (Å²) in [5, 5.41) is 10.2. The maximum atomic E-state index is 10.2. The van der Waals surface area contributed by atoms with Gasteiger partial charge in [0.05, 0.1) is 0 Å². The Morgan fingerprint density at radius 2 is 2.12 bits per heavy atom. The molecule has 2 heteroatoms. The minimum absolute atomic E-state index is 0.472. The molecule has 1 fully saturated rings. The molecular formula is C6H9O2-. The quantitative estimate of drug-likeness (QED) is 0.477. The molecule has 8 heavy (non-hydrogen) atoms. The summed E-state index contributed by atoms with van der Waals surface area (Å²) in [4.78, 5) is 10.2. The summed E-state index contributed by atoms with van der Waals surface area (Å²) in [5.74, 6) is -0.885. The Kier molecular flexibility index (Phi) is 1.03. The zero-order valence-electron chi connectivity index (χ0n) is 4.94. The van der Waals surface area contributed by atoms with Crippen LogP contribution in [0.25, 0.3) is 0 Å². The molecule has 46 valence electrons. The topological polar surface area (TPSA) is 40.1 Å². The third kappa shape index (κ3) is 0.602. The average molecular weight is 113 g/mol. The van der Waals surface area contributed by atoms with Crippen LogP contribution in [0.2, 0.25) is 0 Å². The first kappa shape index (κ1) is 5.60. The Hall–Kier alpha value is -0.530. The molecule has 1 aliphatic carbocycles. The van der Waals surface area contributed by atoms with E-state index in [2.05, 4.69) is 0 Å². The molecule has 1 saturated carbocycles. The summed E-state index contributed by atoms with van der Waals surface area (Å²) in [5.41, 5.74) is -0.472. The summed E-state index contributed by atoms with van der Waals surface area (Å²) in [6.45, 7) is 1.74. The first-order valence-electron chi connectivity index (χ1n) is 2.87. The molecule has 0 radical (unpaired) electrons. The van der Waals surface area contributed by atoms with Crippen LogP contribution in [0.4, 0.5) is 0 Å². The van der Waals surface area contributed by atoms with Gasteiger partial charge >= 0.3 is 0 Å². The number of rotatable bonds is 1. The van der Waals surface area contributed by atoms with Crippen molar-refractivity contribution >= 4 is 5.97 Å². The van der Waals surface area contributed by atoms with Crippen LogP contribution >= 0.6 is 0 Å². The molecule has 0 saturated heterocycles. The zero-order chi connectivity index (χ0) is 6.20. The van der Waals surface area contributed by atoms with Crippen LogP contribution in [0.15, 0.2) is 0 Å². The fourth-order valence-corrected chi connectivity index (χ4v) is 0.911. The van der Waals surface area contributed by atoms with Crippen molar-refractivity contribution in [1.82, 2.24) is 0 Å². The molecule has 0 aromatic carbocycles. The number of carbonyl (C=O) groups is 1. The monoisotopic (exact) mass is 113 g/mol. The third-order valence-electron chi connectivity index (χ3n) is 1.95. The lowest BCUT2D eigenvalue weighted by molar-refractivity contribution is -0.322. The zero-order valence-corrected chi connectivity index (χ0v) is 4.94. The maximum Gasteiger partial charge on any atom is 0.0473 e. The molecule has 0 aliphatic heterocycles. The molecular weight excluding hydrogens is 104 g/mol. The minimum atomic E-state index is -0.885. The van der Waals surface area contributed by atoms with Gasteiger partial charge in [-0.15, -0.1) is 0 Å². The Morgan fingerprint density at radius 1 is 1.62 bits per heavy atom. The Morgan fingerprint density at radius 3 is 2.12 bits per heavy atom. The predicted molar refractivity (Wildman–Crippen MR) is 27.0 cm³/mol. The van der Waals surface area contributed by atoms with Crippen molar-refractivity contribution in [1.29, 1.82) is 0 Å². The van der Waals surface area contributed by atoms with Gasteiger partial charge in [0.1, 0.15) is 0 Å². The molecule has 0 aromatic rings. The molecule has 0 bridgehead atoms. The first-order valence-corrected chi connectivity index (χ1v) is 2.87. The van der Waals surface area contributed by atoms with Gasteiger partial charge in [0.15, 0.2) is 0 Å². The van der Waals surface area contributed by atoms with E-state index in [0.29, 0.717) is 0 Å². The van der Waals surface area contributed by atoms with Crippen molar-refractivity contribution in [2.45, 2.75) is 26.2 Å². The van der Waals surface area contributed by atoms with Gasteiger partial charge in [-0.1, -0.05) is 13.3 Å². The van der Waals surface area contributed by atoms with E-state index in [-0.39, 0.29) is 0 Å². The number of carbonyl (C=O) groups excluding carboxylic acids is 1. The second kappa shape index (κ2) is 1.47. The van der Waals surface area contributed by atoms with Gasteiger partial charge in [-0.2, -0.15) is 0 Å². The first-order chi connectivity index (χ1) is 3.65. The highest BCUT2D eigenvalue weighted by Crippen LogP contribution is 2.39. The predicted octanol–water partition coefficient (Wildman–Crippen LogP) is -0.0735. The van der Waals surface area contributed by atoms with E-state index in [1.165, 1.54) is 0 Å². The van der Waals surface area contributed by atoms with Gasteiger partial charge in [0, 0.05) is 11.4 Å². The standard InChI is InChI=1S/C6H10O2/c1-6(5(7)8)3-2-4-6/h2-4H2,1H3,(H,7,8)/p-1. The Balaban J connectivity index is 2.53. The molecule has 0 spiro atoms. The van der Waals surface area contributed by atoms with E-state index in [1.54, 1.807) is 6.92 Å². The molecule has 2 nitrogen and oxygen atoms in total. The number of carboxylic acid groups (broad SMARTS) is 1. The summed E-state index contributed by atoms with van der Waals surface area (Å²) in [7, 11) is 0. The molecule has 0 atom stereocenters. The van der Waals surface area contributed by atoms with Crippen LogP contribution in [0.1, 0.15) is 26.2 Å². The lowest BCUT2D eigenvalue weighted by atomic mass is 9.71. The van der Waals surface area contributed by atoms with Gasteiger partial charge in [-0.25, -0.2) is 0 Å². The van der Waals surface area contributed by atoms with E-state index in [4.69, 9.17) is 0 Å². The van der Waals surface area contributed by atoms with Crippen LogP contribution < -0.4 is 5.11 Å². The highest BCUT2D eigenvalue weighted by Gasteiger charge is 2.32. The van der Waals surface area contributed by atoms with E-state index in [1.807, 2.05) is 0 Å². The molecule has 0 amide bonds. The summed E-state index contributed by atoms with van der Waals surface area (Å²) >= 11 is 0. The normalized spacial score (nSPS) is 24.1. The van der Waals surface area contributed by atoms with Crippen LogP contribution in [0, 0.1) is 5.41 Å². The Bertz CT molecular complexity index is 114. The van der Waals surface area contributed by atoms with Crippen LogP contribution in [0.3, 0.4) is 0 Å². The van der Waals surface area contributed by atoms with Crippen LogP contribution in [-0.2, 0) is 4.79 Å². The van der Waals surface area contributed by atoms with Crippen molar-refractivity contribution in [3.63, 3.8) is 0 Å². The maximum absolute atomic E-state index is 10.2. The van der Waals surface area contributed by atoms with E-state index < -0.39 is 11.4 Å². The fourth-order valence-electron chi connectivity index (χ4n) is 0.911. The number of carboxylic acids is 1. The molecule has 0 aromatic heterocycles. The summed E-state index contributed by atoms with van der Waals surface area (Å²) in [6, 6.07) is 0. The lowest BCUT2D eigenvalue weighted by Gasteiger charge is -2.38. The van der Waals surface area contributed by atoms with Gasteiger partial charge in [0.25, 0.3) is 0 Å². The van der Waals surface area contributed by atoms with Crippen molar-refractivity contribution in [2.24, 2.45) is 5.41 Å². The van der Waals surface area contributed by atoms with E-state index in [9.17, 15) is 9.90 Å². The summed E-state index contributed by atoms with van der Waals surface area (Å²) < 4.78 is 0. The van der Waals surface area contributed by atoms with Crippen LogP contribution in [0.5, 0.6) is 0 Å². The van der Waals surface area contributed by atoms with Crippen LogP contribution in [-0.4, -0.2) is 5.97 Å². The molecule has 0 heterocycles. The SMILES string of the molecule is CC1(C(=O)[O-])CCC1. The second-order valence-electron chi connectivity index (χ2n) is 2.70. The van der Waals surface area contributed by atoms with Crippen molar-refractivity contribution < 1.29 is 9.90 Å². The Labute approximate surface area is 48.5 Å². The number of hydrogen-bond acceptors (Lipinski definition) is 2. The van der Waals surface area contributed by atoms with E-state index in [0.717, 1.165) is 19.3 Å². The average Bonchev–Trinajstić information content (AvgIpc) is 1.60. The molecule has 1 aliphatic rings. The van der Waals surface area contributed by atoms with Crippen molar-refractivity contribution in [2.75, 3.05) is 0 Å². The van der Waals surface area contributed by atoms with Gasteiger partial charge < -0.3 is 9.90 Å². The smallest absolute Gasteiger partial charge is 0.0473 e. The van der Waals surface area contributed by atoms with Crippen molar-refractivity contribution in [3.05, 3.63) is 0 Å². The summed E-state index contributed by atoms with van der Waals surface area (Å²) in [6.07, 6.45) is 2.65. The number of aliphatic carboxylic acids is 1. The second-order valence-corrected chi connectivity index (χ2v) is 2.70. The molecule has 1 rings (SSSR count). The molecule has 0 N–H and O–H groups in total. The van der Waals surface area contributed by atoms with Gasteiger partial charge in [0.2, 0.25) is 0 Å². The largest absolute Gasteiger partial charge is 0.550 e. The third-order valence-corrected chi connectivity index (χ3v) is 1.95. The molecule has 0 unspecified atom stereocenters. The van der Waals surface area contributed by atoms with Gasteiger partial charge in [-0.05, 0) is 12.8 Å². The fraction of sp³-hybridized carbons (Fsp3) is 0.833. The van der Waals surface area contributed by atoms with Crippen molar-refractivity contribution in [3.8, 4) is 0 Å².